The number of aromatic nitrogens is 7. The molecule has 0 unspecified atom stereocenters. The Bertz CT molecular complexity index is 1290. The summed E-state index contributed by atoms with van der Waals surface area (Å²) < 4.78 is 22.3. The highest BCUT2D eigenvalue weighted by Gasteiger charge is 2.21. The SMILES string of the molecule is Cc1nn(-c2ccc(F)cc2)c2nc(-c3ccnn3C)cc(-c3nnco3)c12. The Morgan fingerprint density at radius 1 is 1.11 bits per heavy atom. The van der Waals surface area contributed by atoms with Gasteiger partial charge in [-0.3, -0.25) is 4.68 Å². The van der Waals surface area contributed by atoms with E-state index in [1.165, 1.54) is 18.5 Å². The van der Waals surface area contributed by atoms with Crippen molar-refractivity contribution in [2.75, 3.05) is 0 Å². The van der Waals surface area contributed by atoms with Gasteiger partial charge in [-0.05, 0) is 43.3 Å². The number of hydrogen-bond donors (Lipinski definition) is 0. The lowest BCUT2D eigenvalue weighted by Gasteiger charge is -2.07. The van der Waals surface area contributed by atoms with Crippen LogP contribution in [0.4, 0.5) is 4.39 Å². The van der Waals surface area contributed by atoms with Crippen molar-refractivity contribution in [1.29, 1.82) is 0 Å². The standard InChI is InChI=1S/C19H14FN7O/c1-11-17-14(19-24-21-10-28-19)9-15(16-7-8-22-26(16)2)23-18(17)27(25-11)13-5-3-12(20)4-6-13/h3-10H,1-2H3. The second-order valence-electron chi connectivity index (χ2n) is 6.31. The first-order valence-electron chi connectivity index (χ1n) is 8.53. The molecule has 0 atom stereocenters. The third kappa shape index (κ3) is 2.48. The van der Waals surface area contributed by atoms with Gasteiger partial charge in [-0.25, -0.2) is 14.1 Å². The van der Waals surface area contributed by atoms with E-state index in [0.29, 0.717) is 22.9 Å². The number of aryl methyl sites for hydroxylation is 2. The average Bonchev–Trinajstić information content (AvgIpc) is 3.43. The van der Waals surface area contributed by atoms with Gasteiger partial charge in [0, 0.05) is 13.2 Å². The van der Waals surface area contributed by atoms with Crippen LogP contribution >= 0.6 is 0 Å². The molecule has 0 amide bonds. The van der Waals surface area contributed by atoms with Gasteiger partial charge in [-0.1, -0.05) is 0 Å². The molecule has 138 valence electrons. The van der Waals surface area contributed by atoms with Crippen LogP contribution in [0.1, 0.15) is 5.69 Å². The lowest BCUT2D eigenvalue weighted by Crippen LogP contribution is -2.01. The van der Waals surface area contributed by atoms with Crippen LogP contribution in [0.2, 0.25) is 0 Å². The van der Waals surface area contributed by atoms with E-state index < -0.39 is 0 Å². The van der Waals surface area contributed by atoms with Crippen LogP contribution < -0.4 is 0 Å². The summed E-state index contributed by atoms with van der Waals surface area (Å²) in [5.41, 5.74) is 4.29. The van der Waals surface area contributed by atoms with E-state index in [4.69, 9.17) is 9.40 Å². The third-order valence-electron chi connectivity index (χ3n) is 4.56. The molecule has 4 aromatic heterocycles. The van der Waals surface area contributed by atoms with Gasteiger partial charge in [0.25, 0.3) is 0 Å². The van der Waals surface area contributed by atoms with Crippen LogP contribution in [-0.4, -0.2) is 34.7 Å². The molecule has 0 spiro atoms. The molecule has 0 aliphatic heterocycles. The van der Waals surface area contributed by atoms with Crippen LogP contribution in [-0.2, 0) is 7.05 Å². The minimum Gasteiger partial charge on any atom is -0.423 e. The first-order valence-corrected chi connectivity index (χ1v) is 8.53. The summed E-state index contributed by atoms with van der Waals surface area (Å²) in [6.45, 7) is 1.88. The van der Waals surface area contributed by atoms with E-state index >= 15 is 0 Å². The Morgan fingerprint density at radius 2 is 1.93 bits per heavy atom. The monoisotopic (exact) mass is 375 g/mol. The fraction of sp³-hybridized carbons (Fsp3) is 0.105. The van der Waals surface area contributed by atoms with Crippen LogP contribution in [0.25, 0.3) is 39.6 Å². The van der Waals surface area contributed by atoms with Crippen molar-refractivity contribution in [1.82, 2.24) is 34.7 Å². The van der Waals surface area contributed by atoms with Crippen molar-refractivity contribution in [3.8, 4) is 28.5 Å². The molecule has 1 aromatic carbocycles. The molecule has 8 nitrogen and oxygen atoms in total. The smallest absolute Gasteiger partial charge is 0.248 e. The second-order valence-corrected chi connectivity index (χ2v) is 6.31. The maximum Gasteiger partial charge on any atom is 0.248 e. The molecule has 0 aliphatic carbocycles. The second kappa shape index (κ2) is 6.08. The molecule has 5 aromatic rings. The zero-order chi connectivity index (χ0) is 19.3. The van der Waals surface area contributed by atoms with Crippen LogP contribution in [0, 0.1) is 12.7 Å². The summed E-state index contributed by atoms with van der Waals surface area (Å²) in [5, 5.41) is 17.5. The van der Waals surface area contributed by atoms with E-state index in [1.54, 1.807) is 27.7 Å². The van der Waals surface area contributed by atoms with Gasteiger partial charge in [-0.2, -0.15) is 10.2 Å². The zero-order valence-electron chi connectivity index (χ0n) is 15.0. The maximum absolute atomic E-state index is 13.4. The van der Waals surface area contributed by atoms with Gasteiger partial charge in [0.1, 0.15) is 5.82 Å². The summed E-state index contributed by atoms with van der Waals surface area (Å²) in [4.78, 5) is 4.82. The van der Waals surface area contributed by atoms with Gasteiger partial charge in [-0.15, -0.1) is 10.2 Å². The van der Waals surface area contributed by atoms with E-state index in [1.807, 2.05) is 26.1 Å². The van der Waals surface area contributed by atoms with Crippen molar-refractivity contribution in [3.63, 3.8) is 0 Å². The van der Waals surface area contributed by atoms with Gasteiger partial charge in [0.2, 0.25) is 12.3 Å². The molecule has 9 heteroatoms. The Labute approximate surface area is 158 Å². The van der Waals surface area contributed by atoms with Crippen molar-refractivity contribution in [3.05, 3.63) is 60.5 Å². The number of nitrogens with zero attached hydrogens (tertiary/aromatic N) is 7. The fourth-order valence-corrected chi connectivity index (χ4v) is 3.27. The quantitative estimate of drug-likeness (QED) is 0.481. The molecule has 0 radical (unpaired) electrons. The molecule has 0 N–H and O–H groups in total. The summed E-state index contributed by atoms with van der Waals surface area (Å²) in [7, 11) is 1.84. The molecule has 0 bridgehead atoms. The minimum atomic E-state index is -0.313. The van der Waals surface area contributed by atoms with Crippen molar-refractivity contribution in [2.24, 2.45) is 7.05 Å². The van der Waals surface area contributed by atoms with Crippen LogP contribution in [0.15, 0.2) is 53.4 Å². The number of rotatable bonds is 3. The topological polar surface area (TPSA) is 87.5 Å². The van der Waals surface area contributed by atoms with E-state index in [9.17, 15) is 4.39 Å². The molecule has 0 aliphatic rings. The van der Waals surface area contributed by atoms with Crippen molar-refractivity contribution < 1.29 is 8.81 Å². The Balaban J connectivity index is 1.85. The highest BCUT2D eigenvalue weighted by atomic mass is 19.1. The average molecular weight is 375 g/mol. The van der Waals surface area contributed by atoms with Crippen LogP contribution in [0.5, 0.6) is 0 Å². The van der Waals surface area contributed by atoms with Crippen molar-refractivity contribution in [2.45, 2.75) is 6.92 Å². The van der Waals surface area contributed by atoms with Gasteiger partial charge in [0.15, 0.2) is 5.65 Å². The lowest BCUT2D eigenvalue weighted by molar-refractivity contribution is 0.569. The number of pyridine rings is 1. The van der Waals surface area contributed by atoms with Gasteiger partial charge in [0.05, 0.1) is 33.7 Å². The zero-order valence-corrected chi connectivity index (χ0v) is 15.0. The summed E-state index contributed by atoms with van der Waals surface area (Å²) in [5.74, 6) is 0.0598. The number of fused-ring (bicyclic) bond motifs is 1. The summed E-state index contributed by atoms with van der Waals surface area (Å²) in [6, 6.07) is 9.86. The predicted octanol–water partition coefficient (Wildman–Crippen LogP) is 3.32. The van der Waals surface area contributed by atoms with Gasteiger partial charge >= 0.3 is 0 Å². The van der Waals surface area contributed by atoms with Crippen molar-refractivity contribution >= 4 is 11.0 Å². The van der Waals surface area contributed by atoms with E-state index in [0.717, 1.165) is 22.3 Å². The molecular formula is C19H14FN7O. The Kier molecular flexibility index (Phi) is 3.54. The Hall–Kier alpha value is -3.88. The van der Waals surface area contributed by atoms with E-state index in [2.05, 4.69) is 20.4 Å². The number of halogens is 1. The minimum absolute atomic E-state index is 0.313. The number of benzene rings is 1. The molecule has 4 heterocycles. The first kappa shape index (κ1) is 16.3. The normalized spacial score (nSPS) is 11.4. The summed E-state index contributed by atoms with van der Waals surface area (Å²) >= 11 is 0. The lowest BCUT2D eigenvalue weighted by atomic mass is 10.1. The molecule has 0 saturated heterocycles. The molecule has 28 heavy (non-hydrogen) atoms. The first-order chi connectivity index (χ1) is 13.6. The molecule has 0 fully saturated rings. The predicted molar refractivity (Wildman–Crippen MR) is 99.1 cm³/mol. The highest BCUT2D eigenvalue weighted by molar-refractivity contribution is 5.95. The highest BCUT2D eigenvalue weighted by Crippen LogP contribution is 2.33. The third-order valence-corrected chi connectivity index (χ3v) is 4.56. The largest absolute Gasteiger partial charge is 0.423 e. The molecule has 5 rings (SSSR count). The fourth-order valence-electron chi connectivity index (χ4n) is 3.27. The van der Waals surface area contributed by atoms with Gasteiger partial charge < -0.3 is 4.42 Å². The summed E-state index contributed by atoms with van der Waals surface area (Å²) in [6.07, 6.45) is 2.99. The molecular weight excluding hydrogens is 361 g/mol. The van der Waals surface area contributed by atoms with Crippen LogP contribution in [0.3, 0.4) is 0 Å². The Morgan fingerprint density at radius 3 is 2.61 bits per heavy atom. The maximum atomic E-state index is 13.4. The number of hydrogen-bond acceptors (Lipinski definition) is 6. The molecule has 0 saturated carbocycles. The van der Waals surface area contributed by atoms with E-state index in [-0.39, 0.29) is 5.82 Å².